The summed E-state index contributed by atoms with van der Waals surface area (Å²) in [4.78, 5) is 28.9. The van der Waals surface area contributed by atoms with E-state index < -0.39 is 5.91 Å². The van der Waals surface area contributed by atoms with Gasteiger partial charge in [-0.25, -0.2) is 4.79 Å². The minimum absolute atomic E-state index is 0.294. The zero-order valence-corrected chi connectivity index (χ0v) is 8.83. The predicted molar refractivity (Wildman–Crippen MR) is 62.1 cm³/mol. The van der Waals surface area contributed by atoms with Crippen molar-refractivity contribution in [1.82, 2.24) is 4.98 Å². The van der Waals surface area contributed by atoms with E-state index in [4.69, 9.17) is 0 Å². The molecule has 0 aliphatic heterocycles. The molecule has 82 valence electrons. The number of aromatic nitrogens is 1. The first kappa shape index (κ1) is 10.9. The first-order valence-electron chi connectivity index (χ1n) is 4.95. The average Bonchev–Trinajstić information content (AvgIpc) is 2.40. The van der Waals surface area contributed by atoms with Crippen LogP contribution in [0, 0.1) is 0 Å². The van der Waals surface area contributed by atoms with Gasteiger partial charge in [0.2, 0.25) is 6.08 Å². The van der Waals surface area contributed by atoms with Crippen molar-refractivity contribution < 1.29 is 9.59 Å². The van der Waals surface area contributed by atoms with Crippen LogP contribution in [0.15, 0.2) is 53.7 Å². The highest BCUT2D eigenvalue weighted by atomic mass is 16.2. The number of pyridine rings is 1. The molecule has 1 aromatic carbocycles. The molecule has 0 aliphatic carbocycles. The summed E-state index contributed by atoms with van der Waals surface area (Å²) in [5.41, 5.74) is 1.61. The molecule has 4 heteroatoms. The second-order valence-electron chi connectivity index (χ2n) is 3.27. The van der Waals surface area contributed by atoms with Crippen LogP contribution in [0.3, 0.4) is 0 Å². The van der Waals surface area contributed by atoms with Crippen molar-refractivity contribution in [2.24, 2.45) is 4.99 Å². The lowest BCUT2D eigenvalue weighted by atomic mass is 10.1. The largest absolute Gasteiger partial charge is 0.289 e. The summed E-state index contributed by atoms with van der Waals surface area (Å²) in [5.74, 6) is -0.632. The van der Waals surface area contributed by atoms with Gasteiger partial charge in [0, 0.05) is 11.8 Å². The van der Waals surface area contributed by atoms with Gasteiger partial charge in [-0.3, -0.25) is 9.78 Å². The van der Waals surface area contributed by atoms with Crippen LogP contribution < -0.4 is 0 Å². The van der Waals surface area contributed by atoms with Crippen molar-refractivity contribution in [3.8, 4) is 11.3 Å². The van der Waals surface area contributed by atoms with Crippen LogP contribution in [0.2, 0.25) is 0 Å². The minimum Gasteiger partial charge on any atom is -0.266 e. The molecule has 17 heavy (non-hydrogen) atoms. The molecule has 1 amide bonds. The molecular weight excluding hydrogens is 216 g/mol. The van der Waals surface area contributed by atoms with Gasteiger partial charge in [0.25, 0.3) is 5.91 Å². The number of carbonyl (C=O) groups excluding carboxylic acids is 2. The molecule has 4 nitrogen and oxygen atoms in total. The van der Waals surface area contributed by atoms with Gasteiger partial charge in [-0.05, 0) is 12.1 Å². The Balaban J connectivity index is 2.56. The molecule has 2 rings (SSSR count). The normalized spacial score (nSPS) is 9.41. The zero-order valence-electron chi connectivity index (χ0n) is 8.83. The number of nitrogens with zero attached hydrogens (tertiary/aromatic N) is 2. The maximum absolute atomic E-state index is 11.6. The van der Waals surface area contributed by atoms with E-state index in [1.807, 2.05) is 30.3 Å². The van der Waals surface area contributed by atoms with Crippen molar-refractivity contribution in [1.29, 1.82) is 0 Å². The van der Waals surface area contributed by atoms with Crippen molar-refractivity contribution in [3.05, 3.63) is 54.2 Å². The lowest BCUT2D eigenvalue weighted by molar-refractivity contribution is 0.100. The summed E-state index contributed by atoms with van der Waals surface area (Å²) < 4.78 is 0. The van der Waals surface area contributed by atoms with Crippen molar-refractivity contribution >= 4 is 12.0 Å². The number of hydrogen-bond donors (Lipinski definition) is 0. The Hall–Kier alpha value is -2.58. The van der Waals surface area contributed by atoms with E-state index in [1.54, 1.807) is 18.3 Å². The third-order valence-corrected chi connectivity index (χ3v) is 2.23. The molecule has 0 bridgehead atoms. The van der Waals surface area contributed by atoms with Crippen LogP contribution >= 0.6 is 0 Å². The fourth-order valence-corrected chi connectivity index (χ4v) is 1.51. The summed E-state index contributed by atoms with van der Waals surface area (Å²) in [6.45, 7) is 0. The quantitative estimate of drug-likeness (QED) is 0.580. The van der Waals surface area contributed by atoms with E-state index in [9.17, 15) is 9.59 Å². The Morgan fingerprint density at radius 1 is 1.12 bits per heavy atom. The Kier molecular flexibility index (Phi) is 3.19. The highest BCUT2D eigenvalue weighted by Crippen LogP contribution is 2.21. The number of aliphatic imine (C=N–C) groups is 1. The van der Waals surface area contributed by atoms with Crippen molar-refractivity contribution in [2.45, 2.75) is 0 Å². The monoisotopic (exact) mass is 224 g/mol. The number of benzene rings is 1. The van der Waals surface area contributed by atoms with Gasteiger partial charge in [-0.1, -0.05) is 30.3 Å². The SMILES string of the molecule is O=C=NC(=O)c1cccnc1-c1ccccc1. The molecule has 0 aliphatic rings. The predicted octanol–water partition coefficient (Wildman–Crippen LogP) is 2.22. The lowest BCUT2D eigenvalue weighted by Crippen LogP contribution is -1.99. The van der Waals surface area contributed by atoms with Gasteiger partial charge >= 0.3 is 0 Å². The number of amides is 1. The standard InChI is InChI=1S/C13H8N2O2/c16-9-15-13(17)11-7-4-8-14-12(11)10-5-2-1-3-6-10/h1-8H. The van der Waals surface area contributed by atoms with Gasteiger partial charge < -0.3 is 0 Å². The molecule has 0 radical (unpaired) electrons. The second kappa shape index (κ2) is 4.96. The molecule has 0 N–H and O–H groups in total. The number of rotatable bonds is 2. The van der Waals surface area contributed by atoms with E-state index >= 15 is 0 Å². The molecule has 0 fully saturated rings. The van der Waals surface area contributed by atoms with Gasteiger partial charge in [-0.15, -0.1) is 4.99 Å². The highest BCUT2D eigenvalue weighted by molar-refractivity contribution is 6.02. The van der Waals surface area contributed by atoms with Crippen molar-refractivity contribution in [3.63, 3.8) is 0 Å². The van der Waals surface area contributed by atoms with Crippen LogP contribution in [0.4, 0.5) is 0 Å². The van der Waals surface area contributed by atoms with Gasteiger partial charge in [0.05, 0.1) is 11.3 Å². The molecular formula is C13H8N2O2. The van der Waals surface area contributed by atoms with Gasteiger partial charge in [0.1, 0.15) is 0 Å². The minimum atomic E-state index is -0.632. The fraction of sp³-hybridized carbons (Fsp3) is 0. The summed E-state index contributed by atoms with van der Waals surface area (Å²) in [5, 5.41) is 0. The molecule has 1 heterocycles. The Morgan fingerprint density at radius 2 is 1.88 bits per heavy atom. The molecule has 0 saturated carbocycles. The Bertz CT molecular complexity index is 587. The fourth-order valence-electron chi connectivity index (χ4n) is 1.51. The Labute approximate surface area is 97.7 Å². The number of hydrogen-bond acceptors (Lipinski definition) is 3. The Morgan fingerprint density at radius 3 is 2.59 bits per heavy atom. The summed E-state index contributed by atoms with van der Waals surface area (Å²) in [6, 6.07) is 12.5. The maximum atomic E-state index is 11.6. The molecule has 0 saturated heterocycles. The van der Waals surface area contributed by atoms with Crippen LogP contribution in [0.25, 0.3) is 11.3 Å². The van der Waals surface area contributed by atoms with E-state index in [1.165, 1.54) is 6.08 Å². The maximum Gasteiger partial charge on any atom is 0.289 e. The molecule has 0 spiro atoms. The summed E-state index contributed by atoms with van der Waals surface area (Å²) in [6.07, 6.45) is 2.83. The molecule has 0 unspecified atom stereocenters. The third kappa shape index (κ3) is 2.33. The van der Waals surface area contributed by atoms with E-state index in [0.29, 0.717) is 11.3 Å². The highest BCUT2D eigenvalue weighted by Gasteiger charge is 2.12. The smallest absolute Gasteiger partial charge is 0.266 e. The van der Waals surface area contributed by atoms with E-state index in [2.05, 4.69) is 9.98 Å². The first-order valence-corrected chi connectivity index (χ1v) is 4.95. The van der Waals surface area contributed by atoms with Crippen molar-refractivity contribution in [2.75, 3.05) is 0 Å². The van der Waals surface area contributed by atoms with Gasteiger partial charge in [0.15, 0.2) is 0 Å². The average molecular weight is 224 g/mol. The number of carbonyl (C=O) groups is 1. The van der Waals surface area contributed by atoms with Crippen LogP contribution in [0.5, 0.6) is 0 Å². The lowest BCUT2D eigenvalue weighted by Gasteiger charge is -2.04. The zero-order chi connectivity index (χ0) is 12.1. The second-order valence-corrected chi connectivity index (χ2v) is 3.27. The topological polar surface area (TPSA) is 59.4 Å². The third-order valence-electron chi connectivity index (χ3n) is 2.23. The molecule has 2 aromatic rings. The van der Waals surface area contributed by atoms with E-state index in [0.717, 1.165) is 5.56 Å². The van der Waals surface area contributed by atoms with E-state index in [-0.39, 0.29) is 0 Å². The molecule has 0 atom stereocenters. The van der Waals surface area contributed by atoms with Crippen LogP contribution in [0.1, 0.15) is 10.4 Å². The summed E-state index contributed by atoms with van der Waals surface area (Å²) in [7, 11) is 0. The van der Waals surface area contributed by atoms with Gasteiger partial charge in [-0.2, -0.15) is 0 Å². The van der Waals surface area contributed by atoms with Crippen LogP contribution in [-0.2, 0) is 4.79 Å². The van der Waals surface area contributed by atoms with Crippen LogP contribution in [-0.4, -0.2) is 17.0 Å². The number of isocyanates is 1. The first-order chi connectivity index (χ1) is 8.33. The molecule has 1 aromatic heterocycles. The summed E-state index contributed by atoms with van der Waals surface area (Å²) >= 11 is 0.